The molecule has 1 saturated heterocycles. The predicted molar refractivity (Wildman–Crippen MR) is 67.8 cm³/mol. The smallest absolute Gasteiger partial charge is 0.326 e. The Morgan fingerprint density at radius 1 is 1.44 bits per heavy atom. The van der Waals surface area contributed by atoms with E-state index >= 15 is 0 Å². The minimum atomic E-state index is -0.919. The van der Waals surface area contributed by atoms with Gasteiger partial charge < -0.3 is 10.0 Å². The summed E-state index contributed by atoms with van der Waals surface area (Å²) in [6.45, 7) is 2.34. The first-order valence-corrected chi connectivity index (χ1v) is 6.93. The van der Waals surface area contributed by atoms with Crippen molar-refractivity contribution >= 4 is 23.2 Å². The monoisotopic (exact) mass is 268 g/mol. The zero-order valence-corrected chi connectivity index (χ0v) is 11.1. The molecule has 6 heteroatoms. The van der Waals surface area contributed by atoms with Gasteiger partial charge in [-0.15, -0.1) is 11.3 Å². The number of hydrogen-bond donors (Lipinski definition) is 1. The summed E-state index contributed by atoms with van der Waals surface area (Å²) in [5.41, 5.74) is 0.366. The van der Waals surface area contributed by atoms with Crippen molar-refractivity contribution in [3.8, 4) is 0 Å². The van der Waals surface area contributed by atoms with E-state index in [1.54, 1.807) is 5.38 Å². The molecule has 1 atom stereocenters. The number of aryl methyl sites for hydroxylation is 1. The molecule has 1 aliphatic rings. The van der Waals surface area contributed by atoms with E-state index in [-0.39, 0.29) is 5.91 Å². The molecule has 0 saturated carbocycles. The number of carbonyl (C=O) groups is 2. The molecule has 1 unspecified atom stereocenters. The summed E-state index contributed by atoms with van der Waals surface area (Å²) in [6, 6.07) is -0.706. The van der Waals surface area contributed by atoms with Crippen LogP contribution in [0.1, 0.15) is 41.2 Å². The number of aliphatic carboxylic acids is 1. The van der Waals surface area contributed by atoms with Crippen molar-refractivity contribution in [2.45, 2.75) is 38.6 Å². The quantitative estimate of drug-likeness (QED) is 0.889. The van der Waals surface area contributed by atoms with Gasteiger partial charge in [0, 0.05) is 11.9 Å². The lowest BCUT2D eigenvalue weighted by Gasteiger charge is -2.26. The average Bonchev–Trinajstić information content (AvgIpc) is 2.63. The largest absolute Gasteiger partial charge is 0.480 e. The van der Waals surface area contributed by atoms with Crippen LogP contribution in [0.5, 0.6) is 0 Å². The van der Waals surface area contributed by atoms with Crippen LogP contribution in [-0.2, 0) is 4.79 Å². The molecule has 98 valence electrons. The van der Waals surface area contributed by atoms with Crippen LogP contribution in [0.15, 0.2) is 5.38 Å². The number of nitrogens with zero attached hydrogens (tertiary/aromatic N) is 2. The first-order chi connectivity index (χ1) is 8.59. The number of rotatable bonds is 2. The first-order valence-electron chi connectivity index (χ1n) is 6.05. The number of aromatic nitrogens is 1. The minimum Gasteiger partial charge on any atom is -0.480 e. The van der Waals surface area contributed by atoms with Crippen LogP contribution in [0.2, 0.25) is 0 Å². The molecule has 1 aromatic rings. The number of hydrogen-bond acceptors (Lipinski definition) is 4. The number of thiazole rings is 1. The Bertz CT molecular complexity index is 458. The zero-order valence-electron chi connectivity index (χ0n) is 10.3. The fourth-order valence-electron chi connectivity index (χ4n) is 2.22. The van der Waals surface area contributed by atoms with Crippen LogP contribution in [0, 0.1) is 6.92 Å². The van der Waals surface area contributed by atoms with E-state index < -0.39 is 12.0 Å². The van der Waals surface area contributed by atoms with E-state index in [9.17, 15) is 14.7 Å². The van der Waals surface area contributed by atoms with E-state index in [1.807, 2.05) is 6.92 Å². The fraction of sp³-hybridized carbons (Fsp3) is 0.583. The number of carbonyl (C=O) groups excluding carboxylic acids is 1. The van der Waals surface area contributed by atoms with Gasteiger partial charge in [-0.05, 0) is 19.8 Å². The molecular formula is C12H16N2O3S. The third kappa shape index (κ3) is 2.69. The van der Waals surface area contributed by atoms with Gasteiger partial charge in [0.1, 0.15) is 11.7 Å². The Kier molecular flexibility index (Phi) is 3.96. The molecule has 5 nitrogen and oxygen atoms in total. The Labute approximate surface area is 109 Å². The Morgan fingerprint density at radius 2 is 2.22 bits per heavy atom. The van der Waals surface area contributed by atoms with Crippen LogP contribution in [0.25, 0.3) is 0 Å². The average molecular weight is 268 g/mol. The van der Waals surface area contributed by atoms with E-state index in [1.165, 1.54) is 16.2 Å². The maximum Gasteiger partial charge on any atom is 0.326 e. The number of carboxylic acids is 1. The van der Waals surface area contributed by atoms with E-state index in [4.69, 9.17) is 0 Å². The molecule has 0 aliphatic carbocycles. The SMILES string of the molecule is Cc1nc(C(=O)N2CCCCCC2C(=O)O)cs1. The van der Waals surface area contributed by atoms with E-state index in [0.717, 1.165) is 24.3 Å². The Hall–Kier alpha value is -1.43. The van der Waals surface area contributed by atoms with Crippen molar-refractivity contribution in [3.63, 3.8) is 0 Å². The molecule has 1 N–H and O–H groups in total. The third-order valence-corrected chi connectivity index (χ3v) is 3.91. The molecule has 18 heavy (non-hydrogen) atoms. The van der Waals surface area contributed by atoms with Crippen LogP contribution >= 0.6 is 11.3 Å². The molecule has 1 aliphatic heterocycles. The lowest BCUT2D eigenvalue weighted by Crippen LogP contribution is -2.44. The summed E-state index contributed by atoms with van der Waals surface area (Å²) in [4.78, 5) is 29.1. The predicted octanol–water partition coefficient (Wildman–Crippen LogP) is 1.92. The maximum atomic E-state index is 12.3. The van der Waals surface area contributed by atoms with Gasteiger partial charge in [0.15, 0.2) is 0 Å². The molecule has 1 aromatic heterocycles. The summed E-state index contributed by atoms with van der Waals surface area (Å²) in [7, 11) is 0. The van der Waals surface area contributed by atoms with E-state index in [2.05, 4.69) is 4.98 Å². The molecule has 1 amide bonds. The molecular weight excluding hydrogens is 252 g/mol. The Morgan fingerprint density at radius 3 is 2.83 bits per heavy atom. The second-order valence-corrected chi connectivity index (χ2v) is 5.52. The highest BCUT2D eigenvalue weighted by Crippen LogP contribution is 2.20. The van der Waals surface area contributed by atoms with Gasteiger partial charge in [-0.2, -0.15) is 0 Å². The first kappa shape index (κ1) is 13.0. The number of likely N-dealkylation sites (tertiary alicyclic amines) is 1. The molecule has 2 heterocycles. The van der Waals surface area contributed by atoms with Gasteiger partial charge in [-0.1, -0.05) is 12.8 Å². The lowest BCUT2D eigenvalue weighted by molar-refractivity contribution is -0.142. The normalized spacial score (nSPS) is 20.5. The summed E-state index contributed by atoms with van der Waals surface area (Å²) < 4.78 is 0. The highest BCUT2D eigenvalue weighted by atomic mass is 32.1. The zero-order chi connectivity index (χ0) is 13.1. The summed E-state index contributed by atoms with van der Waals surface area (Å²) in [5.74, 6) is -1.18. The van der Waals surface area contributed by atoms with Gasteiger partial charge in [-0.3, -0.25) is 4.79 Å². The van der Waals surface area contributed by atoms with Crippen molar-refractivity contribution in [2.75, 3.05) is 6.54 Å². The number of carboxylic acid groups (broad SMARTS) is 1. The molecule has 0 bridgehead atoms. The summed E-state index contributed by atoms with van der Waals surface area (Å²) in [5, 5.41) is 11.7. The molecule has 1 fully saturated rings. The van der Waals surface area contributed by atoms with Crippen molar-refractivity contribution in [1.29, 1.82) is 0 Å². The van der Waals surface area contributed by atoms with Crippen molar-refractivity contribution in [3.05, 3.63) is 16.1 Å². The van der Waals surface area contributed by atoms with Gasteiger partial charge in [0.25, 0.3) is 5.91 Å². The minimum absolute atomic E-state index is 0.256. The highest BCUT2D eigenvalue weighted by Gasteiger charge is 2.32. The topological polar surface area (TPSA) is 70.5 Å². The van der Waals surface area contributed by atoms with Crippen molar-refractivity contribution in [1.82, 2.24) is 9.88 Å². The van der Waals surface area contributed by atoms with Crippen LogP contribution < -0.4 is 0 Å². The molecule has 0 aromatic carbocycles. The van der Waals surface area contributed by atoms with Gasteiger partial charge >= 0.3 is 5.97 Å². The van der Waals surface area contributed by atoms with Gasteiger partial charge in [0.05, 0.1) is 5.01 Å². The van der Waals surface area contributed by atoms with Crippen LogP contribution in [0.4, 0.5) is 0 Å². The maximum absolute atomic E-state index is 12.3. The van der Waals surface area contributed by atoms with Gasteiger partial charge in [0.2, 0.25) is 0 Å². The third-order valence-electron chi connectivity index (χ3n) is 3.14. The van der Waals surface area contributed by atoms with Crippen molar-refractivity contribution in [2.24, 2.45) is 0 Å². The second-order valence-electron chi connectivity index (χ2n) is 4.45. The highest BCUT2D eigenvalue weighted by molar-refractivity contribution is 7.09. The van der Waals surface area contributed by atoms with Crippen LogP contribution in [0.3, 0.4) is 0 Å². The standard InChI is InChI=1S/C12H16N2O3S/c1-8-13-9(7-18-8)11(15)14-6-4-2-3-5-10(14)12(16)17/h7,10H,2-6H2,1H3,(H,16,17). The Balaban J connectivity index is 2.22. The van der Waals surface area contributed by atoms with Crippen molar-refractivity contribution < 1.29 is 14.7 Å². The molecule has 0 radical (unpaired) electrons. The second kappa shape index (κ2) is 5.48. The van der Waals surface area contributed by atoms with Gasteiger partial charge in [-0.25, -0.2) is 9.78 Å². The van der Waals surface area contributed by atoms with E-state index in [0.29, 0.717) is 18.7 Å². The summed E-state index contributed by atoms with van der Waals surface area (Å²) >= 11 is 1.41. The van der Waals surface area contributed by atoms with Crippen LogP contribution in [-0.4, -0.2) is 39.5 Å². The fourth-order valence-corrected chi connectivity index (χ4v) is 2.80. The molecule has 0 spiro atoms. The summed E-state index contributed by atoms with van der Waals surface area (Å²) in [6.07, 6.45) is 3.23. The molecule has 2 rings (SSSR count). The number of amides is 1. The lowest BCUT2D eigenvalue weighted by atomic mass is 10.1.